The highest BCUT2D eigenvalue weighted by molar-refractivity contribution is 5.25. The highest BCUT2D eigenvalue weighted by atomic mass is 19.1. The highest BCUT2D eigenvalue weighted by Crippen LogP contribution is 2.13. The van der Waals surface area contributed by atoms with E-state index in [9.17, 15) is 9.50 Å². The molecule has 1 atom stereocenters. The fourth-order valence-corrected chi connectivity index (χ4v) is 1.20. The smallest absolute Gasteiger partial charge is 0.129 e. The number of aliphatic hydroxyl groups excluding tert-OH is 1. The number of nitrogens with two attached hydrogens (primary N) is 1. The quantitative estimate of drug-likeness (QED) is 0.734. The first-order valence-corrected chi connectivity index (χ1v) is 4.27. The number of rotatable bonds is 3. The van der Waals surface area contributed by atoms with Crippen molar-refractivity contribution in [1.82, 2.24) is 0 Å². The lowest BCUT2D eigenvalue weighted by Gasteiger charge is -2.09. The van der Waals surface area contributed by atoms with E-state index in [0.29, 0.717) is 11.1 Å². The molecule has 0 spiro atoms. The first-order valence-electron chi connectivity index (χ1n) is 4.27. The average molecular weight is 183 g/mol. The molecule has 3 heteroatoms. The molecule has 1 aromatic carbocycles. The van der Waals surface area contributed by atoms with Gasteiger partial charge in [0.2, 0.25) is 0 Å². The van der Waals surface area contributed by atoms with Crippen molar-refractivity contribution in [2.75, 3.05) is 6.54 Å². The largest absolute Gasteiger partial charge is 0.391 e. The molecular weight excluding hydrogens is 169 g/mol. The van der Waals surface area contributed by atoms with Gasteiger partial charge in [-0.25, -0.2) is 4.39 Å². The second-order valence-electron chi connectivity index (χ2n) is 3.14. The molecule has 0 aliphatic rings. The van der Waals surface area contributed by atoms with Crippen LogP contribution in [0.2, 0.25) is 0 Å². The molecule has 0 heterocycles. The van der Waals surface area contributed by atoms with Crippen molar-refractivity contribution in [2.45, 2.75) is 19.4 Å². The zero-order chi connectivity index (χ0) is 9.84. The Morgan fingerprint density at radius 1 is 1.54 bits per heavy atom. The monoisotopic (exact) mass is 183 g/mol. The van der Waals surface area contributed by atoms with Crippen LogP contribution in [0.4, 0.5) is 4.39 Å². The molecule has 0 aliphatic carbocycles. The molecule has 0 bridgehead atoms. The predicted molar refractivity (Wildman–Crippen MR) is 49.9 cm³/mol. The molecule has 0 saturated heterocycles. The summed E-state index contributed by atoms with van der Waals surface area (Å²) in [7, 11) is 0. The number of aliphatic hydroxyl groups is 1. The maximum Gasteiger partial charge on any atom is 0.129 e. The lowest BCUT2D eigenvalue weighted by molar-refractivity contribution is 0.182. The van der Waals surface area contributed by atoms with Gasteiger partial charge < -0.3 is 10.8 Å². The molecule has 0 aliphatic heterocycles. The van der Waals surface area contributed by atoms with Crippen LogP contribution in [-0.4, -0.2) is 17.8 Å². The summed E-state index contributed by atoms with van der Waals surface area (Å²) in [5.74, 6) is -0.241. The Bertz CT molecular complexity index is 288. The predicted octanol–water partition coefficient (Wildman–Crippen LogP) is 0.996. The molecule has 72 valence electrons. The van der Waals surface area contributed by atoms with Gasteiger partial charge in [0.1, 0.15) is 5.82 Å². The van der Waals surface area contributed by atoms with Gasteiger partial charge in [-0.2, -0.15) is 0 Å². The number of halogens is 1. The molecule has 0 aromatic heterocycles. The second kappa shape index (κ2) is 4.35. The molecule has 13 heavy (non-hydrogen) atoms. The standard InChI is InChI=1S/C10H14FNO/c1-7-3-2-4-8(10(7)11)5-9(13)6-12/h2-4,9,13H,5-6,12H2,1H3. The molecule has 1 unspecified atom stereocenters. The van der Waals surface area contributed by atoms with Crippen LogP contribution in [-0.2, 0) is 6.42 Å². The lowest BCUT2D eigenvalue weighted by Crippen LogP contribution is -2.22. The van der Waals surface area contributed by atoms with E-state index in [4.69, 9.17) is 5.73 Å². The fourth-order valence-electron chi connectivity index (χ4n) is 1.20. The van der Waals surface area contributed by atoms with Crippen molar-refractivity contribution >= 4 is 0 Å². The summed E-state index contributed by atoms with van der Waals surface area (Å²) in [5.41, 5.74) is 6.36. The van der Waals surface area contributed by atoms with E-state index >= 15 is 0 Å². The van der Waals surface area contributed by atoms with E-state index in [1.165, 1.54) is 0 Å². The summed E-state index contributed by atoms with van der Waals surface area (Å²) in [6.45, 7) is 1.86. The van der Waals surface area contributed by atoms with Gasteiger partial charge >= 0.3 is 0 Å². The molecule has 0 saturated carbocycles. The summed E-state index contributed by atoms with van der Waals surface area (Å²) < 4.78 is 13.3. The van der Waals surface area contributed by atoms with Crippen LogP contribution in [0.25, 0.3) is 0 Å². The summed E-state index contributed by atoms with van der Waals surface area (Å²) in [4.78, 5) is 0. The van der Waals surface area contributed by atoms with Gasteiger partial charge in [0.05, 0.1) is 6.10 Å². The van der Waals surface area contributed by atoms with Crippen LogP contribution >= 0.6 is 0 Å². The zero-order valence-corrected chi connectivity index (χ0v) is 7.63. The van der Waals surface area contributed by atoms with E-state index in [2.05, 4.69) is 0 Å². The third kappa shape index (κ3) is 2.50. The average Bonchev–Trinajstić information content (AvgIpc) is 2.13. The Kier molecular flexibility index (Phi) is 3.39. The number of benzene rings is 1. The van der Waals surface area contributed by atoms with Gasteiger partial charge in [0.25, 0.3) is 0 Å². The van der Waals surface area contributed by atoms with Gasteiger partial charge in [0, 0.05) is 13.0 Å². The Morgan fingerprint density at radius 3 is 2.85 bits per heavy atom. The van der Waals surface area contributed by atoms with E-state index in [1.807, 2.05) is 0 Å². The minimum absolute atomic E-state index is 0.160. The van der Waals surface area contributed by atoms with Gasteiger partial charge in [-0.05, 0) is 18.1 Å². The third-order valence-electron chi connectivity index (χ3n) is 2.00. The first-order chi connectivity index (χ1) is 6.15. The van der Waals surface area contributed by atoms with Crippen LogP contribution in [0.15, 0.2) is 18.2 Å². The molecular formula is C10H14FNO. The van der Waals surface area contributed by atoms with Crippen molar-refractivity contribution in [3.63, 3.8) is 0 Å². The molecule has 0 radical (unpaired) electrons. The number of aryl methyl sites for hydroxylation is 1. The maximum absolute atomic E-state index is 13.3. The van der Waals surface area contributed by atoms with Crippen molar-refractivity contribution < 1.29 is 9.50 Å². The SMILES string of the molecule is Cc1cccc(CC(O)CN)c1F. The van der Waals surface area contributed by atoms with Crippen molar-refractivity contribution in [3.8, 4) is 0 Å². The molecule has 2 nitrogen and oxygen atoms in total. The van der Waals surface area contributed by atoms with Crippen LogP contribution in [0.3, 0.4) is 0 Å². The Morgan fingerprint density at radius 2 is 2.23 bits per heavy atom. The van der Waals surface area contributed by atoms with Crippen LogP contribution < -0.4 is 5.73 Å². The van der Waals surface area contributed by atoms with Crippen LogP contribution in [0.1, 0.15) is 11.1 Å². The molecule has 3 N–H and O–H groups in total. The van der Waals surface area contributed by atoms with Crippen LogP contribution in [0, 0.1) is 12.7 Å². The van der Waals surface area contributed by atoms with E-state index in [-0.39, 0.29) is 18.8 Å². The van der Waals surface area contributed by atoms with Gasteiger partial charge in [-0.3, -0.25) is 0 Å². The summed E-state index contributed by atoms with van der Waals surface area (Å²) in [6, 6.07) is 5.14. The Hall–Kier alpha value is -0.930. The van der Waals surface area contributed by atoms with Crippen molar-refractivity contribution in [1.29, 1.82) is 0 Å². The zero-order valence-electron chi connectivity index (χ0n) is 7.63. The summed E-state index contributed by atoms with van der Waals surface area (Å²) >= 11 is 0. The van der Waals surface area contributed by atoms with Gasteiger partial charge in [-0.15, -0.1) is 0 Å². The minimum Gasteiger partial charge on any atom is -0.391 e. The highest BCUT2D eigenvalue weighted by Gasteiger charge is 2.08. The molecule has 0 fully saturated rings. The lowest BCUT2D eigenvalue weighted by atomic mass is 10.0. The van der Waals surface area contributed by atoms with Crippen LogP contribution in [0.5, 0.6) is 0 Å². The fraction of sp³-hybridized carbons (Fsp3) is 0.400. The first kappa shape index (κ1) is 10.2. The Labute approximate surface area is 77.2 Å². The third-order valence-corrected chi connectivity index (χ3v) is 2.00. The minimum atomic E-state index is -0.656. The summed E-state index contributed by atoms with van der Waals surface area (Å²) in [5, 5.41) is 9.24. The van der Waals surface area contributed by atoms with Gasteiger partial charge in [-0.1, -0.05) is 18.2 Å². The van der Waals surface area contributed by atoms with E-state index in [0.717, 1.165) is 0 Å². The van der Waals surface area contributed by atoms with Crippen molar-refractivity contribution in [2.24, 2.45) is 5.73 Å². The molecule has 0 amide bonds. The number of hydrogen-bond acceptors (Lipinski definition) is 2. The van der Waals surface area contributed by atoms with Crippen molar-refractivity contribution in [3.05, 3.63) is 35.1 Å². The maximum atomic E-state index is 13.3. The second-order valence-corrected chi connectivity index (χ2v) is 3.14. The number of hydrogen-bond donors (Lipinski definition) is 2. The van der Waals surface area contributed by atoms with Gasteiger partial charge in [0.15, 0.2) is 0 Å². The Balaban J connectivity index is 2.83. The van der Waals surface area contributed by atoms with E-state index < -0.39 is 6.10 Å². The molecule has 1 aromatic rings. The normalized spacial score (nSPS) is 12.9. The molecule has 1 rings (SSSR count). The topological polar surface area (TPSA) is 46.2 Å². The summed E-state index contributed by atoms with van der Waals surface area (Å²) in [6.07, 6.45) is -0.374. The van der Waals surface area contributed by atoms with E-state index in [1.54, 1.807) is 25.1 Å².